The van der Waals surface area contributed by atoms with Gasteiger partial charge in [-0.1, -0.05) is 19.1 Å². The third-order valence-corrected chi connectivity index (χ3v) is 4.19. The lowest BCUT2D eigenvalue weighted by Gasteiger charge is -2.20. The second kappa shape index (κ2) is 7.26. The van der Waals surface area contributed by atoms with Crippen molar-refractivity contribution in [3.63, 3.8) is 0 Å². The highest BCUT2D eigenvalue weighted by Gasteiger charge is 2.19. The lowest BCUT2D eigenvalue weighted by atomic mass is 9.98. The molecule has 0 bridgehead atoms. The van der Waals surface area contributed by atoms with Crippen LogP contribution in [0.2, 0.25) is 0 Å². The van der Waals surface area contributed by atoms with Crippen LogP contribution in [0, 0.1) is 21.0 Å². The normalized spacial score (nSPS) is 12.4. The Kier molecular flexibility index (Phi) is 5.64. The maximum Gasteiger partial charge on any atom is 0.129 e. The van der Waals surface area contributed by atoms with Gasteiger partial charge in [0.05, 0.1) is 0 Å². The van der Waals surface area contributed by atoms with E-state index in [4.69, 9.17) is 0 Å². The molecule has 0 spiro atoms. The second-order valence-electron chi connectivity index (χ2n) is 4.68. The molecule has 0 aromatic heterocycles. The lowest BCUT2D eigenvalue weighted by molar-refractivity contribution is 0.497. The fraction of sp³-hybridized carbons (Fsp3) is 0.250. The van der Waals surface area contributed by atoms with Crippen LogP contribution >= 0.6 is 22.6 Å². The van der Waals surface area contributed by atoms with Gasteiger partial charge in [0.25, 0.3) is 0 Å². The van der Waals surface area contributed by atoms with Crippen molar-refractivity contribution >= 4 is 22.6 Å². The average Bonchev–Trinajstić information content (AvgIpc) is 2.42. The smallest absolute Gasteiger partial charge is 0.129 e. The zero-order valence-corrected chi connectivity index (χ0v) is 13.6. The van der Waals surface area contributed by atoms with E-state index in [1.807, 2.05) is 29.5 Å². The molecule has 112 valence electrons. The molecule has 2 aromatic carbocycles. The third kappa shape index (κ3) is 3.97. The Morgan fingerprint density at radius 3 is 2.33 bits per heavy atom. The van der Waals surface area contributed by atoms with Crippen molar-refractivity contribution in [3.05, 3.63) is 68.5 Å². The quantitative estimate of drug-likeness (QED) is 0.718. The number of benzene rings is 2. The minimum Gasteiger partial charge on any atom is -0.310 e. The number of hydrogen-bond donors (Lipinski definition) is 1. The van der Waals surface area contributed by atoms with E-state index in [0.29, 0.717) is 6.54 Å². The fourth-order valence-electron chi connectivity index (χ4n) is 2.25. The summed E-state index contributed by atoms with van der Waals surface area (Å²) in [6.45, 7) is 2.56. The molecular formula is C16H15F3IN. The molecule has 0 saturated carbocycles. The average molecular weight is 405 g/mol. The molecule has 0 heterocycles. The molecule has 2 rings (SSSR count). The molecule has 2 aromatic rings. The predicted octanol–water partition coefficient (Wildman–Crippen LogP) is 4.60. The number of halogens is 4. The van der Waals surface area contributed by atoms with Crippen LogP contribution in [0.15, 0.2) is 36.4 Å². The zero-order valence-electron chi connectivity index (χ0n) is 11.5. The minimum atomic E-state index is -0.560. The molecule has 0 aliphatic rings. The highest BCUT2D eigenvalue weighted by molar-refractivity contribution is 14.1. The van der Waals surface area contributed by atoms with E-state index in [1.54, 1.807) is 6.07 Å². The Balaban J connectivity index is 2.35. The van der Waals surface area contributed by atoms with Gasteiger partial charge in [0.1, 0.15) is 17.5 Å². The van der Waals surface area contributed by atoms with E-state index in [2.05, 4.69) is 5.32 Å². The van der Waals surface area contributed by atoms with Gasteiger partial charge in [-0.2, -0.15) is 0 Å². The highest BCUT2D eigenvalue weighted by atomic mass is 127. The predicted molar refractivity (Wildman–Crippen MR) is 85.6 cm³/mol. The molecule has 0 radical (unpaired) electrons. The Labute approximate surface area is 135 Å². The summed E-state index contributed by atoms with van der Waals surface area (Å²) in [5.41, 5.74) is 0.880. The van der Waals surface area contributed by atoms with Crippen molar-refractivity contribution in [2.45, 2.75) is 19.4 Å². The van der Waals surface area contributed by atoms with Gasteiger partial charge >= 0.3 is 0 Å². The number of likely N-dealkylation sites (N-methyl/N-ethyl adjacent to an activating group) is 1. The summed E-state index contributed by atoms with van der Waals surface area (Å²) in [4.78, 5) is 0. The summed E-state index contributed by atoms with van der Waals surface area (Å²) >= 11 is 2.03. The molecule has 0 aliphatic heterocycles. The molecule has 0 aliphatic carbocycles. The van der Waals surface area contributed by atoms with Crippen LogP contribution in [0.1, 0.15) is 24.1 Å². The first-order valence-electron chi connectivity index (χ1n) is 6.64. The van der Waals surface area contributed by atoms with Gasteiger partial charge in [0.15, 0.2) is 0 Å². The molecular weight excluding hydrogens is 390 g/mol. The molecule has 21 heavy (non-hydrogen) atoms. The fourth-order valence-corrected chi connectivity index (χ4v) is 3.11. The van der Waals surface area contributed by atoms with Crippen LogP contribution < -0.4 is 5.32 Å². The summed E-state index contributed by atoms with van der Waals surface area (Å²) < 4.78 is 41.5. The first kappa shape index (κ1) is 16.3. The van der Waals surface area contributed by atoms with Gasteiger partial charge in [-0.05, 0) is 65.4 Å². The Bertz CT molecular complexity index is 611. The third-order valence-electron chi connectivity index (χ3n) is 3.26. The molecule has 5 heteroatoms. The first-order chi connectivity index (χ1) is 10.0. The molecule has 1 atom stereocenters. The van der Waals surface area contributed by atoms with Crippen LogP contribution in [0.25, 0.3) is 0 Å². The summed E-state index contributed by atoms with van der Waals surface area (Å²) in [5, 5.41) is 3.20. The Hall–Kier alpha value is -1.08. The second-order valence-corrected chi connectivity index (χ2v) is 5.84. The SMILES string of the molecule is CCNC(Cc1c(F)cccc1F)c1ccc(F)cc1I. The molecule has 0 amide bonds. The van der Waals surface area contributed by atoms with Crippen molar-refractivity contribution < 1.29 is 13.2 Å². The molecule has 0 fully saturated rings. The molecule has 0 saturated heterocycles. The van der Waals surface area contributed by atoms with Crippen LogP contribution in [0.4, 0.5) is 13.2 Å². The molecule has 1 N–H and O–H groups in total. The zero-order chi connectivity index (χ0) is 15.4. The van der Waals surface area contributed by atoms with Gasteiger partial charge in [0.2, 0.25) is 0 Å². The molecule has 1 unspecified atom stereocenters. The topological polar surface area (TPSA) is 12.0 Å². The van der Waals surface area contributed by atoms with E-state index < -0.39 is 11.6 Å². The van der Waals surface area contributed by atoms with Crippen LogP contribution in [0.3, 0.4) is 0 Å². The summed E-state index contributed by atoms with van der Waals surface area (Å²) in [7, 11) is 0. The van der Waals surface area contributed by atoms with Gasteiger partial charge in [-0.25, -0.2) is 13.2 Å². The number of rotatable bonds is 5. The van der Waals surface area contributed by atoms with Crippen molar-refractivity contribution in [1.29, 1.82) is 0 Å². The van der Waals surface area contributed by atoms with Crippen molar-refractivity contribution in [3.8, 4) is 0 Å². The summed E-state index contributed by atoms with van der Waals surface area (Å²) in [5.74, 6) is -1.44. The van der Waals surface area contributed by atoms with E-state index in [0.717, 1.165) is 9.13 Å². The van der Waals surface area contributed by atoms with Gasteiger partial charge in [-0.15, -0.1) is 0 Å². The number of hydrogen-bond acceptors (Lipinski definition) is 1. The van der Waals surface area contributed by atoms with E-state index in [9.17, 15) is 13.2 Å². The standard InChI is InChI=1S/C16H15F3IN/c1-2-21-16(11-7-6-10(17)8-15(11)20)9-12-13(18)4-3-5-14(12)19/h3-8,16,21H,2,9H2,1H3. The summed E-state index contributed by atoms with van der Waals surface area (Å²) in [6, 6.07) is 8.00. The minimum absolute atomic E-state index is 0.0450. The van der Waals surface area contributed by atoms with Crippen molar-refractivity contribution in [2.24, 2.45) is 0 Å². The van der Waals surface area contributed by atoms with E-state index in [-0.39, 0.29) is 23.8 Å². The highest BCUT2D eigenvalue weighted by Crippen LogP contribution is 2.26. The first-order valence-corrected chi connectivity index (χ1v) is 7.72. The summed E-state index contributed by atoms with van der Waals surface area (Å²) in [6.07, 6.45) is 0.175. The lowest BCUT2D eigenvalue weighted by Crippen LogP contribution is -2.24. The molecule has 1 nitrogen and oxygen atoms in total. The van der Waals surface area contributed by atoms with Crippen LogP contribution in [-0.2, 0) is 6.42 Å². The van der Waals surface area contributed by atoms with Crippen molar-refractivity contribution in [2.75, 3.05) is 6.54 Å². The maximum atomic E-state index is 13.8. The van der Waals surface area contributed by atoms with Gasteiger partial charge in [0, 0.05) is 15.2 Å². The van der Waals surface area contributed by atoms with Crippen LogP contribution in [-0.4, -0.2) is 6.54 Å². The largest absolute Gasteiger partial charge is 0.310 e. The van der Waals surface area contributed by atoms with E-state index >= 15 is 0 Å². The Morgan fingerprint density at radius 1 is 1.10 bits per heavy atom. The maximum absolute atomic E-state index is 13.8. The Morgan fingerprint density at radius 2 is 1.76 bits per heavy atom. The van der Waals surface area contributed by atoms with Gasteiger partial charge < -0.3 is 5.32 Å². The van der Waals surface area contributed by atoms with E-state index in [1.165, 1.54) is 30.3 Å². The monoisotopic (exact) mass is 405 g/mol. The van der Waals surface area contributed by atoms with Crippen molar-refractivity contribution in [1.82, 2.24) is 5.32 Å². The van der Waals surface area contributed by atoms with Gasteiger partial charge in [-0.3, -0.25) is 0 Å². The number of nitrogens with one attached hydrogen (secondary N) is 1. The van der Waals surface area contributed by atoms with Crippen LogP contribution in [0.5, 0.6) is 0 Å².